The van der Waals surface area contributed by atoms with E-state index in [-0.39, 0.29) is 5.75 Å². The first-order valence-electron chi connectivity index (χ1n) is 3.92. The third kappa shape index (κ3) is 2.24. The molecule has 1 aromatic heterocycles. The van der Waals surface area contributed by atoms with Gasteiger partial charge in [0.1, 0.15) is 0 Å². The van der Waals surface area contributed by atoms with E-state index in [9.17, 15) is 8.42 Å². The van der Waals surface area contributed by atoms with Crippen LogP contribution in [0.25, 0.3) is 0 Å². The predicted molar refractivity (Wildman–Crippen MR) is 51.3 cm³/mol. The molecule has 2 N–H and O–H groups in total. The molecule has 1 rings (SSSR count). The predicted octanol–water partition coefficient (Wildman–Crippen LogP) is -0.474. The summed E-state index contributed by atoms with van der Waals surface area (Å²) in [5, 5.41) is 8.99. The van der Waals surface area contributed by atoms with Crippen molar-refractivity contribution in [2.24, 2.45) is 12.2 Å². The van der Waals surface area contributed by atoms with Crippen LogP contribution in [-0.2, 0) is 22.8 Å². The number of methoxy groups -OCH3 is 1. The molecule has 14 heavy (non-hydrogen) atoms. The smallest absolute Gasteiger partial charge is 0.215 e. The molecule has 80 valence electrons. The van der Waals surface area contributed by atoms with Gasteiger partial charge >= 0.3 is 0 Å². The van der Waals surface area contributed by atoms with Crippen LogP contribution >= 0.6 is 0 Å². The summed E-state index contributed by atoms with van der Waals surface area (Å²) in [5.74, 6) is 0.173. The van der Waals surface area contributed by atoms with Crippen LogP contribution in [0.5, 0.6) is 5.88 Å². The number of hydrogen-bond donors (Lipinski definition) is 1. The zero-order chi connectivity index (χ0) is 10.9. The second-order valence-electron chi connectivity index (χ2n) is 3.00. The first-order chi connectivity index (χ1) is 6.35. The molecule has 0 aliphatic carbocycles. The summed E-state index contributed by atoms with van der Waals surface area (Å²) in [6, 6.07) is 0. The molecule has 0 aliphatic rings. The van der Waals surface area contributed by atoms with E-state index in [1.807, 2.05) is 0 Å². The van der Waals surface area contributed by atoms with E-state index >= 15 is 0 Å². The maximum Gasteiger partial charge on any atom is 0.215 e. The molecule has 0 radical (unpaired) electrons. The Bertz CT molecular complexity index is 435. The van der Waals surface area contributed by atoms with Crippen molar-refractivity contribution in [3.05, 3.63) is 11.3 Å². The third-order valence-corrected chi connectivity index (χ3v) is 2.52. The highest BCUT2D eigenvalue weighted by Gasteiger charge is 2.18. The van der Waals surface area contributed by atoms with Gasteiger partial charge in [0.15, 0.2) is 0 Å². The van der Waals surface area contributed by atoms with Gasteiger partial charge in [-0.25, -0.2) is 18.2 Å². The highest BCUT2D eigenvalue weighted by Crippen LogP contribution is 2.22. The van der Waals surface area contributed by atoms with Crippen molar-refractivity contribution in [3.63, 3.8) is 0 Å². The average molecular weight is 219 g/mol. The van der Waals surface area contributed by atoms with Crippen LogP contribution in [0.3, 0.4) is 0 Å². The van der Waals surface area contributed by atoms with Gasteiger partial charge in [-0.3, -0.25) is 0 Å². The lowest BCUT2D eigenvalue weighted by Gasteiger charge is -2.03. The van der Waals surface area contributed by atoms with Crippen LogP contribution in [0, 0.1) is 6.92 Å². The van der Waals surface area contributed by atoms with Crippen LogP contribution < -0.4 is 9.88 Å². The Morgan fingerprint density at radius 2 is 2.14 bits per heavy atom. The minimum absolute atomic E-state index is 0.254. The van der Waals surface area contributed by atoms with Gasteiger partial charge in [0.05, 0.1) is 24.1 Å². The summed E-state index contributed by atoms with van der Waals surface area (Å²) in [4.78, 5) is 0. The van der Waals surface area contributed by atoms with Gasteiger partial charge in [0, 0.05) is 7.05 Å². The van der Waals surface area contributed by atoms with E-state index in [0.717, 1.165) is 0 Å². The van der Waals surface area contributed by atoms with Crippen LogP contribution in [-0.4, -0.2) is 25.3 Å². The number of ether oxygens (including phenoxy) is 1. The molecule has 0 aromatic carbocycles. The lowest BCUT2D eigenvalue weighted by atomic mass is 10.3. The molecule has 0 amide bonds. The highest BCUT2D eigenvalue weighted by atomic mass is 32.2. The summed E-state index contributed by atoms with van der Waals surface area (Å²) >= 11 is 0. The van der Waals surface area contributed by atoms with Gasteiger partial charge in [0.25, 0.3) is 0 Å². The first kappa shape index (κ1) is 11.0. The van der Waals surface area contributed by atoms with Crippen molar-refractivity contribution < 1.29 is 13.2 Å². The maximum atomic E-state index is 10.9. The minimum atomic E-state index is -3.55. The molecule has 0 spiro atoms. The van der Waals surface area contributed by atoms with Crippen molar-refractivity contribution in [1.82, 2.24) is 9.78 Å². The molecule has 1 heterocycles. The maximum absolute atomic E-state index is 10.9. The van der Waals surface area contributed by atoms with E-state index in [1.165, 1.54) is 11.8 Å². The minimum Gasteiger partial charge on any atom is -0.481 e. The van der Waals surface area contributed by atoms with Crippen LogP contribution in [0.2, 0.25) is 0 Å². The molecule has 0 unspecified atom stereocenters. The SMILES string of the molecule is COc1c(CS(N)(=O)=O)c(C)nn1C. The van der Waals surface area contributed by atoms with E-state index in [1.54, 1.807) is 14.0 Å². The fourth-order valence-corrected chi connectivity index (χ4v) is 2.04. The summed E-state index contributed by atoms with van der Waals surface area (Å²) in [7, 11) is -0.412. The zero-order valence-corrected chi connectivity index (χ0v) is 9.13. The van der Waals surface area contributed by atoms with Crippen molar-refractivity contribution in [2.45, 2.75) is 12.7 Å². The number of nitrogens with zero attached hydrogens (tertiary/aromatic N) is 2. The Balaban J connectivity index is 3.19. The molecule has 1 aromatic rings. The van der Waals surface area contributed by atoms with Crippen molar-refractivity contribution >= 4 is 10.0 Å². The number of aromatic nitrogens is 2. The normalized spacial score (nSPS) is 11.7. The van der Waals surface area contributed by atoms with Crippen molar-refractivity contribution in [1.29, 1.82) is 0 Å². The summed E-state index contributed by atoms with van der Waals surface area (Å²) in [6.07, 6.45) is 0. The summed E-state index contributed by atoms with van der Waals surface area (Å²) in [5.41, 5.74) is 1.12. The summed E-state index contributed by atoms with van der Waals surface area (Å²) in [6.45, 7) is 1.71. The fraction of sp³-hybridized carbons (Fsp3) is 0.571. The van der Waals surface area contributed by atoms with E-state index < -0.39 is 10.0 Å². The summed E-state index contributed by atoms with van der Waals surface area (Å²) < 4.78 is 28.3. The standard InChI is InChI=1S/C7H13N3O3S/c1-5-6(4-14(8,11)12)7(13-3)10(2)9-5/h4H2,1-3H3,(H2,8,11,12). The third-order valence-electron chi connectivity index (χ3n) is 1.83. The Morgan fingerprint density at radius 1 is 1.57 bits per heavy atom. The molecule has 0 atom stereocenters. The van der Waals surface area contributed by atoms with Gasteiger partial charge < -0.3 is 4.74 Å². The Hall–Kier alpha value is -1.08. The van der Waals surface area contributed by atoms with Crippen molar-refractivity contribution in [3.8, 4) is 5.88 Å². The number of aryl methyl sites for hydroxylation is 2. The molecule has 7 heteroatoms. The number of nitrogens with two attached hydrogens (primary N) is 1. The Labute approximate surface area is 82.7 Å². The molecule has 0 aliphatic heterocycles. The van der Waals surface area contributed by atoms with E-state index in [2.05, 4.69) is 5.10 Å². The van der Waals surface area contributed by atoms with E-state index in [0.29, 0.717) is 17.1 Å². The van der Waals surface area contributed by atoms with Crippen LogP contribution in [0.4, 0.5) is 0 Å². The van der Waals surface area contributed by atoms with Crippen molar-refractivity contribution in [2.75, 3.05) is 7.11 Å². The largest absolute Gasteiger partial charge is 0.481 e. The van der Waals surface area contributed by atoms with Gasteiger partial charge in [-0.2, -0.15) is 5.10 Å². The first-order valence-corrected chi connectivity index (χ1v) is 5.63. The fourth-order valence-electron chi connectivity index (χ4n) is 1.30. The van der Waals surface area contributed by atoms with Gasteiger partial charge in [0.2, 0.25) is 15.9 Å². The molecule has 0 fully saturated rings. The zero-order valence-electron chi connectivity index (χ0n) is 8.31. The second kappa shape index (κ2) is 3.58. The number of rotatable bonds is 3. The number of hydrogen-bond acceptors (Lipinski definition) is 4. The number of sulfonamides is 1. The average Bonchev–Trinajstić information content (AvgIpc) is 2.24. The Morgan fingerprint density at radius 3 is 2.57 bits per heavy atom. The van der Waals surface area contributed by atoms with Gasteiger partial charge in [-0.15, -0.1) is 0 Å². The lowest BCUT2D eigenvalue weighted by molar-refractivity contribution is 0.370. The molecule has 6 nitrogen and oxygen atoms in total. The van der Waals surface area contributed by atoms with Crippen LogP contribution in [0.15, 0.2) is 0 Å². The molecule has 0 saturated heterocycles. The van der Waals surface area contributed by atoms with Gasteiger partial charge in [-0.1, -0.05) is 0 Å². The quantitative estimate of drug-likeness (QED) is 0.744. The van der Waals surface area contributed by atoms with Gasteiger partial charge in [-0.05, 0) is 6.92 Å². The van der Waals surface area contributed by atoms with Crippen LogP contribution in [0.1, 0.15) is 11.3 Å². The highest BCUT2D eigenvalue weighted by molar-refractivity contribution is 7.88. The molecular formula is C7H13N3O3S. The topological polar surface area (TPSA) is 87.2 Å². The number of primary sulfonamides is 1. The lowest BCUT2D eigenvalue weighted by Crippen LogP contribution is -2.15. The molecular weight excluding hydrogens is 206 g/mol. The molecule has 0 saturated carbocycles. The Kier molecular flexibility index (Phi) is 2.81. The second-order valence-corrected chi connectivity index (χ2v) is 4.62. The van der Waals surface area contributed by atoms with E-state index in [4.69, 9.17) is 9.88 Å². The molecule has 0 bridgehead atoms. The monoisotopic (exact) mass is 219 g/mol.